The summed E-state index contributed by atoms with van der Waals surface area (Å²) in [5, 5.41) is 13.0. The molecule has 1 aromatic carbocycles. The molecule has 2 atom stereocenters. The number of halogens is 1. The molecule has 0 aliphatic rings. The Kier molecular flexibility index (Phi) is 4.94. The van der Waals surface area contributed by atoms with E-state index in [1.54, 1.807) is 6.92 Å². The van der Waals surface area contributed by atoms with E-state index >= 15 is 0 Å². The van der Waals surface area contributed by atoms with Crippen LogP contribution in [0.1, 0.15) is 20.3 Å². The van der Waals surface area contributed by atoms with Crippen LogP contribution in [0, 0.1) is 21.8 Å². The summed E-state index contributed by atoms with van der Waals surface area (Å²) < 4.78 is 13.6. The van der Waals surface area contributed by atoms with Crippen molar-refractivity contribution in [2.24, 2.45) is 11.7 Å². The fraction of sp³-hybridized carbons (Fsp3) is 0.417. The molecule has 0 unspecified atom stereocenters. The van der Waals surface area contributed by atoms with Crippen molar-refractivity contribution in [3.8, 4) is 0 Å². The molecule has 6 nitrogen and oxygen atoms in total. The van der Waals surface area contributed by atoms with E-state index in [1.165, 1.54) is 6.07 Å². The van der Waals surface area contributed by atoms with Crippen molar-refractivity contribution >= 4 is 17.3 Å². The molecule has 0 saturated heterocycles. The Hall–Kier alpha value is -2.02. The van der Waals surface area contributed by atoms with Gasteiger partial charge in [0.05, 0.1) is 11.0 Å². The molecule has 1 aromatic rings. The second-order valence-corrected chi connectivity index (χ2v) is 4.29. The number of hydrogen-bond acceptors (Lipinski definition) is 4. The lowest BCUT2D eigenvalue weighted by molar-refractivity contribution is -0.384. The van der Waals surface area contributed by atoms with Gasteiger partial charge in [0.2, 0.25) is 5.91 Å². The highest BCUT2D eigenvalue weighted by atomic mass is 19.1. The first-order valence-corrected chi connectivity index (χ1v) is 5.87. The van der Waals surface area contributed by atoms with Gasteiger partial charge in [-0.25, -0.2) is 4.39 Å². The molecule has 0 fully saturated rings. The van der Waals surface area contributed by atoms with Crippen LogP contribution in [0.15, 0.2) is 18.2 Å². The largest absolute Gasteiger partial charge is 0.320 e. The smallest absolute Gasteiger partial charge is 0.295 e. The molecule has 0 spiro atoms. The second kappa shape index (κ2) is 6.24. The number of rotatable bonds is 5. The molecule has 19 heavy (non-hydrogen) atoms. The van der Waals surface area contributed by atoms with Gasteiger partial charge in [0.1, 0.15) is 0 Å². The quantitative estimate of drug-likeness (QED) is 0.631. The summed E-state index contributed by atoms with van der Waals surface area (Å²) in [5.74, 6) is -1.60. The van der Waals surface area contributed by atoms with Crippen LogP contribution in [-0.2, 0) is 4.79 Å². The van der Waals surface area contributed by atoms with Crippen molar-refractivity contribution in [3.05, 3.63) is 34.1 Å². The van der Waals surface area contributed by atoms with Gasteiger partial charge in [-0.2, -0.15) is 0 Å². The lowest BCUT2D eigenvalue weighted by atomic mass is 9.99. The van der Waals surface area contributed by atoms with Crippen LogP contribution in [0.4, 0.5) is 15.8 Å². The van der Waals surface area contributed by atoms with Gasteiger partial charge in [0.25, 0.3) is 5.69 Å². The van der Waals surface area contributed by atoms with Gasteiger partial charge in [-0.15, -0.1) is 0 Å². The molecule has 3 N–H and O–H groups in total. The van der Waals surface area contributed by atoms with Crippen molar-refractivity contribution in [2.75, 3.05) is 5.32 Å². The van der Waals surface area contributed by atoms with E-state index in [0.29, 0.717) is 6.42 Å². The molecular weight excluding hydrogens is 253 g/mol. The molecule has 0 heterocycles. The van der Waals surface area contributed by atoms with Gasteiger partial charge >= 0.3 is 0 Å². The van der Waals surface area contributed by atoms with Crippen LogP contribution in [-0.4, -0.2) is 16.9 Å². The fourth-order valence-electron chi connectivity index (χ4n) is 1.51. The summed E-state index contributed by atoms with van der Waals surface area (Å²) in [4.78, 5) is 21.8. The number of anilines is 1. The van der Waals surface area contributed by atoms with E-state index in [2.05, 4.69) is 5.32 Å². The molecule has 0 aliphatic carbocycles. The number of nitro benzene ring substituents is 1. The first-order chi connectivity index (χ1) is 8.88. The van der Waals surface area contributed by atoms with E-state index in [1.807, 2.05) is 6.92 Å². The van der Waals surface area contributed by atoms with Gasteiger partial charge in [0, 0.05) is 6.07 Å². The SMILES string of the molecule is CC[C@H](C)[C@H](N)C(=O)Nc1c(F)cccc1[N+](=O)[O-]. The lowest BCUT2D eigenvalue weighted by Crippen LogP contribution is -2.40. The van der Waals surface area contributed by atoms with Crippen LogP contribution >= 0.6 is 0 Å². The zero-order chi connectivity index (χ0) is 14.6. The summed E-state index contributed by atoms with van der Waals surface area (Å²) in [6.07, 6.45) is 0.675. The Labute approximate surface area is 109 Å². The topological polar surface area (TPSA) is 98.3 Å². The average molecular weight is 269 g/mol. The van der Waals surface area contributed by atoms with Gasteiger partial charge in [-0.05, 0) is 12.0 Å². The first kappa shape index (κ1) is 15.0. The maximum atomic E-state index is 13.6. The van der Waals surface area contributed by atoms with Crippen LogP contribution in [0.5, 0.6) is 0 Å². The highest BCUT2D eigenvalue weighted by Crippen LogP contribution is 2.27. The normalized spacial score (nSPS) is 13.7. The Bertz CT molecular complexity index is 493. The molecular formula is C12H16FN3O3. The summed E-state index contributed by atoms with van der Waals surface area (Å²) in [5.41, 5.74) is 4.75. The zero-order valence-electron chi connectivity index (χ0n) is 10.7. The van der Waals surface area contributed by atoms with Crippen molar-refractivity contribution in [2.45, 2.75) is 26.3 Å². The monoisotopic (exact) mass is 269 g/mol. The van der Waals surface area contributed by atoms with Crippen LogP contribution in [0.2, 0.25) is 0 Å². The van der Waals surface area contributed by atoms with Crippen LogP contribution in [0.3, 0.4) is 0 Å². The maximum Gasteiger partial charge on any atom is 0.295 e. The Morgan fingerprint density at radius 2 is 2.21 bits per heavy atom. The van der Waals surface area contributed by atoms with Crippen molar-refractivity contribution in [1.29, 1.82) is 0 Å². The molecule has 1 rings (SSSR count). The number of para-hydroxylation sites is 1. The van der Waals surface area contributed by atoms with Crippen molar-refractivity contribution in [3.63, 3.8) is 0 Å². The predicted octanol–water partition coefficient (Wildman–Crippen LogP) is 2.05. The zero-order valence-corrected chi connectivity index (χ0v) is 10.7. The van der Waals surface area contributed by atoms with Crippen LogP contribution < -0.4 is 11.1 Å². The molecule has 1 amide bonds. The minimum absolute atomic E-state index is 0.106. The predicted molar refractivity (Wildman–Crippen MR) is 69.1 cm³/mol. The van der Waals surface area contributed by atoms with Crippen molar-refractivity contribution in [1.82, 2.24) is 0 Å². The molecule has 0 bridgehead atoms. The Morgan fingerprint density at radius 3 is 2.74 bits per heavy atom. The van der Waals surface area contributed by atoms with E-state index in [9.17, 15) is 19.3 Å². The summed E-state index contributed by atoms with van der Waals surface area (Å²) in [6.45, 7) is 3.64. The third-order valence-electron chi connectivity index (χ3n) is 3.00. The molecule has 0 aromatic heterocycles. The third-order valence-corrected chi connectivity index (χ3v) is 3.00. The molecule has 104 valence electrons. The molecule has 7 heteroatoms. The summed E-state index contributed by atoms with van der Waals surface area (Å²) >= 11 is 0. The standard InChI is InChI=1S/C12H16FN3O3/c1-3-7(2)10(14)12(17)15-11-8(13)5-4-6-9(11)16(18)19/h4-7,10H,3,14H2,1-2H3,(H,15,17)/t7-,10-/m0/s1. The number of carbonyl (C=O) groups is 1. The lowest BCUT2D eigenvalue weighted by Gasteiger charge is -2.17. The Balaban J connectivity index is 2.99. The Morgan fingerprint density at radius 1 is 1.58 bits per heavy atom. The number of nitrogens with two attached hydrogens (primary N) is 1. The van der Waals surface area contributed by atoms with E-state index in [4.69, 9.17) is 5.73 Å². The number of nitrogens with one attached hydrogen (secondary N) is 1. The number of nitrogens with zero attached hydrogens (tertiary/aromatic N) is 1. The number of amides is 1. The van der Waals surface area contributed by atoms with Crippen molar-refractivity contribution < 1.29 is 14.1 Å². The first-order valence-electron chi connectivity index (χ1n) is 5.87. The van der Waals surface area contributed by atoms with E-state index < -0.39 is 34.1 Å². The fourth-order valence-corrected chi connectivity index (χ4v) is 1.51. The highest BCUT2D eigenvalue weighted by molar-refractivity contribution is 5.96. The maximum absolute atomic E-state index is 13.6. The number of carbonyl (C=O) groups excluding carboxylic acids is 1. The number of benzene rings is 1. The molecule has 0 radical (unpaired) electrons. The van der Waals surface area contributed by atoms with Gasteiger partial charge in [0.15, 0.2) is 11.5 Å². The summed E-state index contributed by atoms with van der Waals surface area (Å²) in [6, 6.07) is 2.52. The summed E-state index contributed by atoms with van der Waals surface area (Å²) in [7, 11) is 0. The minimum Gasteiger partial charge on any atom is -0.320 e. The number of hydrogen-bond donors (Lipinski definition) is 2. The minimum atomic E-state index is -0.862. The van der Waals surface area contributed by atoms with Gasteiger partial charge in [-0.1, -0.05) is 26.3 Å². The van der Waals surface area contributed by atoms with E-state index in [0.717, 1.165) is 12.1 Å². The molecule has 0 aliphatic heterocycles. The molecule has 0 saturated carbocycles. The second-order valence-electron chi connectivity index (χ2n) is 4.29. The van der Waals surface area contributed by atoms with Gasteiger partial charge in [-0.3, -0.25) is 14.9 Å². The highest BCUT2D eigenvalue weighted by Gasteiger charge is 2.24. The third kappa shape index (κ3) is 3.47. The van der Waals surface area contributed by atoms with E-state index in [-0.39, 0.29) is 5.92 Å². The number of nitro groups is 1. The van der Waals surface area contributed by atoms with Gasteiger partial charge < -0.3 is 11.1 Å². The van der Waals surface area contributed by atoms with Crippen LogP contribution in [0.25, 0.3) is 0 Å². The average Bonchev–Trinajstić information content (AvgIpc) is 2.38.